The van der Waals surface area contributed by atoms with Crippen LogP contribution < -0.4 is 5.32 Å². The summed E-state index contributed by atoms with van der Waals surface area (Å²) in [6.07, 6.45) is 0. The van der Waals surface area contributed by atoms with Gasteiger partial charge in [0.2, 0.25) is 0 Å². The van der Waals surface area contributed by atoms with Crippen LogP contribution in [0.1, 0.15) is 15.9 Å². The SMILES string of the molecule is Cc1ccc(C(=O)Nc2nc(-c3ccc(-c4ccccc4)cc3)cs2)cc1. The van der Waals surface area contributed by atoms with Crippen LogP contribution in [0.4, 0.5) is 5.13 Å². The summed E-state index contributed by atoms with van der Waals surface area (Å²) in [5, 5.41) is 5.43. The van der Waals surface area contributed by atoms with Crippen molar-refractivity contribution in [2.45, 2.75) is 6.92 Å². The highest BCUT2D eigenvalue weighted by Gasteiger charge is 2.10. The first-order valence-corrected chi connectivity index (χ1v) is 9.56. The molecule has 0 saturated heterocycles. The molecule has 3 nitrogen and oxygen atoms in total. The maximum absolute atomic E-state index is 12.3. The number of rotatable bonds is 4. The molecular formula is C23H18N2OS. The Morgan fingerprint density at radius 1 is 0.815 bits per heavy atom. The second kappa shape index (κ2) is 7.56. The fraction of sp³-hybridized carbons (Fsp3) is 0.0435. The predicted molar refractivity (Wildman–Crippen MR) is 112 cm³/mol. The van der Waals surface area contributed by atoms with Gasteiger partial charge >= 0.3 is 0 Å². The van der Waals surface area contributed by atoms with Gasteiger partial charge in [0.1, 0.15) is 0 Å². The fourth-order valence-corrected chi connectivity index (χ4v) is 3.52. The second-order valence-corrected chi connectivity index (χ2v) is 7.16. The van der Waals surface area contributed by atoms with Crippen molar-refractivity contribution in [2.24, 2.45) is 0 Å². The average molecular weight is 370 g/mol. The lowest BCUT2D eigenvalue weighted by Gasteiger charge is -2.03. The van der Waals surface area contributed by atoms with Crippen LogP contribution in [-0.4, -0.2) is 10.9 Å². The van der Waals surface area contributed by atoms with Crippen molar-refractivity contribution in [3.63, 3.8) is 0 Å². The number of nitrogens with one attached hydrogen (secondary N) is 1. The summed E-state index contributed by atoms with van der Waals surface area (Å²) in [5.74, 6) is -0.143. The van der Waals surface area contributed by atoms with Crippen molar-refractivity contribution < 1.29 is 4.79 Å². The van der Waals surface area contributed by atoms with Crippen LogP contribution in [0, 0.1) is 6.92 Å². The molecule has 0 spiro atoms. The summed E-state index contributed by atoms with van der Waals surface area (Å²) in [5.41, 5.74) is 6.00. The minimum absolute atomic E-state index is 0.143. The second-order valence-electron chi connectivity index (χ2n) is 6.30. The molecule has 0 radical (unpaired) electrons. The van der Waals surface area contributed by atoms with Gasteiger partial charge in [0.15, 0.2) is 5.13 Å². The van der Waals surface area contributed by atoms with Crippen molar-refractivity contribution in [1.29, 1.82) is 0 Å². The van der Waals surface area contributed by atoms with Gasteiger partial charge in [0.25, 0.3) is 5.91 Å². The summed E-state index contributed by atoms with van der Waals surface area (Å²) in [4.78, 5) is 16.9. The molecule has 0 aliphatic carbocycles. The first-order chi connectivity index (χ1) is 13.2. The Balaban J connectivity index is 1.49. The lowest BCUT2D eigenvalue weighted by molar-refractivity contribution is 0.102. The lowest BCUT2D eigenvalue weighted by Crippen LogP contribution is -2.11. The van der Waals surface area contributed by atoms with Gasteiger partial charge < -0.3 is 0 Å². The number of hydrogen-bond donors (Lipinski definition) is 1. The fourth-order valence-electron chi connectivity index (χ4n) is 2.80. The molecule has 0 aliphatic heterocycles. The quantitative estimate of drug-likeness (QED) is 0.476. The number of aryl methyl sites for hydroxylation is 1. The Bertz CT molecular complexity index is 1050. The minimum Gasteiger partial charge on any atom is -0.298 e. The molecule has 4 heteroatoms. The molecule has 0 atom stereocenters. The van der Waals surface area contributed by atoms with E-state index in [-0.39, 0.29) is 5.91 Å². The number of benzene rings is 3. The zero-order valence-corrected chi connectivity index (χ0v) is 15.7. The van der Waals surface area contributed by atoms with E-state index in [0.717, 1.165) is 16.8 Å². The Morgan fingerprint density at radius 3 is 2.15 bits per heavy atom. The van der Waals surface area contributed by atoms with Crippen LogP contribution in [0.15, 0.2) is 84.2 Å². The maximum atomic E-state index is 12.3. The number of thiazole rings is 1. The molecule has 1 heterocycles. The molecule has 1 N–H and O–H groups in total. The smallest absolute Gasteiger partial charge is 0.257 e. The van der Waals surface area contributed by atoms with Gasteiger partial charge in [0.05, 0.1) is 5.69 Å². The number of carbonyl (C=O) groups is 1. The molecule has 0 saturated carbocycles. The normalized spacial score (nSPS) is 10.6. The van der Waals surface area contributed by atoms with E-state index in [1.54, 1.807) is 0 Å². The van der Waals surface area contributed by atoms with Crippen LogP contribution in [-0.2, 0) is 0 Å². The molecule has 27 heavy (non-hydrogen) atoms. The number of aromatic nitrogens is 1. The largest absolute Gasteiger partial charge is 0.298 e. The van der Waals surface area contributed by atoms with Gasteiger partial charge in [-0.15, -0.1) is 11.3 Å². The highest BCUT2D eigenvalue weighted by atomic mass is 32.1. The lowest BCUT2D eigenvalue weighted by atomic mass is 10.0. The summed E-state index contributed by atoms with van der Waals surface area (Å²) >= 11 is 1.43. The predicted octanol–water partition coefficient (Wildman–Crippen LogP) is 6.04. The van der Waals surface area contributed by atoms with Gasteiger partial charge in [-0.25, -0.2) is 4.98 Å². The highest BCUT2D eigenvalue weighted by Crippen LogP contribution is 2.27. The standard InChI is InChI=1S/C23H18N2OS/c1-16-7-9-20(10-8-16)22(26)25-23-24-21(15-27-23)19-13-11-18(12-14-19)17-5-3-2-4-6-17/h2-15H,1H3,(H,24,25,26). The molecule has 0 fully saturated rings. The molecule has 0 unspecified atom stereocenters. The summed E-state index contributed by atoms with van der Waals surface area (Å²) in [7, 11) is 0. The highest BCUT2D eigenvalue weighted by molar-refractivity contribution is 7.14. The first-order valence-electron chi connectivity index (χ1n) is 8.68. The average Bonchev–Trinajstić information content (AvgIpc) is 3.18. The van der Waals surface area contributed by atoms with E-state index in [4.69, 9.17) is 0 Å². The molecule has 0 bridgehead atoms. The molecule has 1 amide bonds. The summed E-state index contributed by atoms with van der Waals surface area (Å²) < 4.78 is 0. The van der Waals surface area contributed by atoms with E-state index in [1.807, 2.05) is 54.8 Å². The Hall–Kier alpha value is -3.24. The van der Waals surface area contributed by atoms with E-state index < -0.39 is 0 Å². The molecule has 132 valence electrons. The van der Waals surface area contributed by atoms with Crippen LogP contribution in [0.3, 0.4) is 0 Å². The van der Waals surface area contributed by atoms with E-state index in [9.17, 15) is 4.79 Å². The summed E-state index contributed by atoms with van der Waals surface area (Å²) in [6, 6.07) is 26.1. The van der Waals surface area contributed by atoms with Crippen LogP contribution in [0.5, 0.6) is 0 Å². The number of amides is 1. The summed E-state index contributed by atoms with van der Waals surface area (Å²) in [6.45, 7) is 2.00. The van der Waals surface area contributed by atoms with Crippen LogP contribution >= 0.6 is 11.3 Å². The first kappa shape index (κ1) is 17.2. The monoisotopic (exact) mass is 370 g/mol. The Labute approximate surface area is 162 Å². The van der Waals surface area contributed by atoms with Gasteiger partial charge in [-0.2, -0.15) is 0 Å². The number of carbonyl (C=O) groups excluding carboxylic acids is 1. The van der Waals surface area contributed by atoms with Gasteiger partial charge in [0, 0.05) is 16.5 Å². The molecule has 4 rings (SSSR count). The third-order valence-electron chi connectivity index (χ3n) is 4.33. The Morgan fingerprint density at radius 2 is 1.44 bits per heavy atom. The van der Waals surface area contributed by atoms with Gasteiger partial charge in [-0.05, 0) is 30.2 Å². The zero-order chi connectivity index (χ0) is 18.6. The molecule has 0 aliphatic rings. The minimum atomic E-state index is -0.143. The third-order valence-corrected chi connectivity index (χ3v) is 5.08. The van der Waals surface area contributed by atoms with E-state index in [1.165, 1.54) is 22.5 Å². The van der Waals surface area contributed by atoms with E-state index >= 15 is 0 Å². The number of hydrogen-bond acceptors (Lipinski definition) is 3. The van der Waals surface area contributed by atoms with E-state index in [0.29, 0.717) is 10.7 Å². The van der Waals surface area contributed by atoms with Crippen molar-refractivity contribution >= 4 is 22.4 Å². The molecule has 1 aromatic heterocycles. The third kappa shape index (κ3) is 3.96. The van der Waals surface area contributed by atoms with Crippen LogP contribution in [0.25, 0.3) is 22.4 Å². The maximum Gasteiger partial charge on any atom is 0.257 e. The van der Waals surface area contributed by atoms with Crippen LogP contribution in [0.2, 0.25) is 0 Å². The Kier molecular flexibility index (Phi) is 4.81. The van der Waals surface area contributed by atoms with Crippen molar-refractivity contribution in [3.05, 3.63) is 95.4 Å². The van der Waals surface area contributed by atoms with Gasteiger partial charge in [-0.3, -0.25) is 10.1 Å². The van der Waals surface area contributed by atoms with Crippen molar-refractivity contribution in [1.82, 2.24) is 4.98 Å². The molecular weight excluding hydrogens is 352 g/mol. The number of anilines is 1. The van der Waals surface area contributed by atoms with Crippen molar-refractivity contribution in [2.75, 3.05) is 5.32 Å². The molecule has 3 aromatic carbocycles. The van der Waals surface area contributed by atoms with E-state index in [2.05, 4.69) is 46.7 Å². The zero-order valence-electron chi connectivity index (χ0n) is 14.8. The van der Waals surface area contributed by atoms with Gasteiger partial charge in [-0.1, -0.05) is 72.3 Å². The topological polar surface area (TPSA) is 42.0 Å². The number of nitrogens with zero attached hydrogens (tertiary/aromatic N) is 1. The molecule has 4 aromatic rings. The van der Waals surface area contributed by atoms with Crippen molar-refractivity contribution in [3.8, 4) is 22.4 Å².